The van der Waals surface area contributed by atoms with E-state index < -0.39 is 0 Å². The van der Waals surface area contributed by atoms with Gasteiger partial charge < -0.3 is 10.1 Å². The molecule has 0 aromatic heterocycles. The number of rotatable bonds is 5. The molecule has 0 aliphatic rings. The summed E-state index contributed by atoms with van der Waals surface area (Å²) in [6.45, 7) is 10.6. The van der Waals surface area contributed by atoms with E-state index in [4.69, 9.17) is 4.74 Å². The first kappa shape index (κ1) is 21.5. The molecule has 0 N–H and O–H groups in total. The Hall–Kier alpha value is -0.753. The molecule has 4 heteroatoms. The fraction of sp³-hybridized carbons (Fsp3) is 0.562. The van der Waals surface area contributed by atoms with Crippen molar-refractivity contribution in [3.8, 4) is 0 Å². The molecule has 0 fully saturated rings. The van der Waals surface area contributed by atoms with E-state index in [-0.39, 0.29) is 24.8 Å². The monoisotopic (exact) mass is 271 g/mol. The SMILES string of the molecule is CC(C)[N-]C(C)C.CCC(=O)OCc1ccccc1.[Li+]. The van der Waals surface area contributed by atoms with Gasteiger partial charge in [0, 0.05) is 6.42 Å². The standard InChI is InChI=1S/C10H12O2.C6H14N.Li/c1-2-10(11)12-8-9-6-4-3-5-7-9;1-5(2)7-6(3)4;/h3-7H,2,8H2,1H3;5-6H,1-4H3;/q;-1;+1. The third-order valence-electron chi connectivity index (χ3n) is 2.13. The van der Waals surface area contributed by atoms with Gasteiger partial charge in [0.2, 0.25) is 0 Å². The summed E-state index contributed by atoms with van der Waals surface area (Å²) in [6, 6.07) is 10.7. The largest absolute Gasteiger partial charge is 1.00 e. The fourth-order valence-electron chi connectivity index (χ4n) is 1.44. The van der Waals surface area contributed by atoms with E-state index in [2.05, 4.69) is 33.0 Å². The van der Waals surface area contributed by atoms with Crippen LogP contribution in [0.25, 0.3) is 5.32 Å². The Morgan fingerprint density at radius 2 is 1.60 bits per heavy atom. The van der Waals surface area contributed by atoms with Gasteiger partial charge in [-0.25, -0.2) is 0 Å². The normalized spacial score (nSPS) is 9.55. The van der Waals surface area contributed by atoms with Gasteiger partial charge in [0.1, 0.15) is 6.61 Å². The van der Waals surface area contributed by atoms with Crippen molar-refractivity contribution in [1.82, 2.24) is 0 Å². The number of hydrogen-bond donors (Lipinski definition) is 0. The van der Waals surface area contributed by atoms with Crippen molar-refractivity contribution in [2.75, 3.05) is 0 Å². The van der Waals surface area contributed by atoms with E-state index in [1.807, 2.05) is 30.3 Å². The summed E-state index contributed by atoms with van der Waals surface area (Å²) in [6.07, 6.45) is 0.437. The average Bonchev–Trinajstić information content (AvgIpc) is 2.36. The third-order valence-corrected chi connectivity index (χ3v) is 2.13. The van der Waals surface area contributed by atoms with E-state index in [1.165, 1.54) is 0 Å². The van der Waals surface area contributed by atoms with Crippen LogP contribution in [0.2, 0.25) is 0 Å². The third kappa shape index (κ3) is 13.7. The van der Waals surface area contributed by atoms with Crippen LogP contribution in [0.1, 0.15) is 46.6 Å². The number of carbonyl (C=O) groups excluding carboxylic acids is 1. The molecule has 0 unspecified atom stereocenters. The zero-order valence-corrected chi connectivity index (χ0v) is 13.7. The van der Waals surface area contributed by atoms with Crippen LogP contribution < -0.4 is 18.9 Å². The average molecular weight is 271 g/mol. The summed E-state index contributed by atoms with van der Waals surface area (Å²) in [7, 11) is 0. The molecule has 108 valence electrons. The molecule has 3 nitrogen and oxygen atoms in total. The number of esters is 1. The van der Waals surface area contributed by atoms with E-state index in [1.54, 1.807) is 6.92 Å². The summed E-state index contributed by atoms with van der Waals surface area (Å²) in [4.78, 5) is 10.8. The molecule has 1 aromatic carbocycles. The van der Waals surface area contributed by atoms with E-state index in [0.29, 0.717) is 25.1 Å². The smallest absolute Gasteiger partial charge is 0.658 e. The van der Waals surface area contributed by atoms with Crippen LogP contribution in [0.4, 0.5) is 0 Å². The number of ether oxygens (including phenoxy) is 1. The first-order valence-electron chi connectivity index (χ1n) is 6.85. The van der Waals surface area contributed by atoms with Gasteiger partial charge in [-0.3, -0.25) is 4.79 Å². The van der Waals surface area contributed by atoms with Crippen molar-refractivity contribution in [1.29, 1.82) is 0 Å². The van der Waals surface area contributed by atoms with Crippen LogP contribution in [0, 0.1) is 0 Å². The van der Waals surface area contributed by atoms with E-state index >= 15 is 0 Å². The maximum absolute atomic E-state index is 10.8. The molecule has 0 radical (unpaired) electrons. The molecule has 1 rings (SSSR count). The number of nitrogens with zero attached hydrogens (tertiary/aromatic N) is 1. The minimum Gasteiger partial charge on any atom is -0.658 e. The van der Waals surface area contributed by atoms with Crippen molar-refractivity contribution in [3.05, 3.63) is 41.2 Å². The first-order chi connectivity index (χ1) is 8.95. The Kier molecular flexibility index (Phi) is 14.3. The van der Waals surface area contributed by atoms with Crippen LogP contribution in [-0.2, 0) is 16.1 Å². The van der Waals surface area contributed by atoms with Gasteiger partial charge in [0.25, 0.3) is 0 Å². The van der Waals surface area contributed by atoms with Crippen LogP contribution in [0.3, 0.4) is 0 Å². The molecule has 0 atom stereocenters. The topological polar surface area (TPSA) is 40.4 Å². The molecule has 0 heterocycles. The van der Waals surface area contributed by atoms with Gasteiger partial charge in [-0.1, -0.05) is 65.0 Å². The quantitative estimate of drug-likeness (QED) is 0.598. The number of benzene rings is 1. The Bertz CT molecular complexity index is 334. The van der Waals surface area contributed by atoms with Crippen LogP contribution in [-0.4, -0.2) is 18.1 Å². The Labute approximate surface area is 135 Å². The molecule has 1 aromatic rings. The molecule has 0 aliphatic carbocycles. The summed E-state index contributed by atoms with van der Waals surface area (Å²) >= 11 is 0. The molecule has 0 saturated heterocycles. The van der Waals surface area contributed by atoms with E-state index in [0.717, 1.165) is 5.56 Å². The second kappa shape index (κ2) is 13.2. The Morgan fingerprint density at radius 3 is 1.95 bits per heavy atom. The molecule has 0 spiro atoms. The molecule has 0 saturated carbocycles. The maximum atomic E-state index is 10.8. The second-order valence-corrected chi connectivity index (χ2v) is 4.84. The fourth-order valence-corrected chi connectivity index (χ4v) is 1.44. The van der Waals surface area contributed by atoms with Crippen LogP contribution >= 0.6 is 0 Å². The first-order valence-corrected chi connectivity index (χ1v) is 6.85. The van der Waals surface area contributed by atoms with Gasteiger partial charge in [0.15, 0.2) is 0 Å². The van der Waals surface area contributed by atoms with Gasteiger partial charge in [0.05, 0.1) is 0 Å². The molecule has 20 heavy (non-hydrogen) atoms. The maximum Gasteiger partial charge on any atom is 1.00 e. The molecule has 0 bridgehead atoms. The predicted octanol–water partition coefficient (Wildman–Crippen LogP) is 1.32. The predicted molar refractivity (Wildman–Crippen MR) is 80.2 cm³/mol. The van der Waals surface area contributed by atoms with Gasteiger partial charge in [-0.05, 0) is 5.56 Å². The summed E-state index contributed by atoms with van der Waals surface area (Å²) in [5.41, 5.74) is 1.03. The number of hydrogen-bond acceptors (Lipinski definition) is 2. The molecular formula is C16H26LiNO2. The molecule has 0 amide bonds. The zero-order chi connectivity index (χ0) is 14.7. The van der Waals surface area contributed by atoms with Crippen LogP contribution in [0.5, 0.6) is 0 Å². The van der Waals surface area contributed by atoms with Gasteiger partial charge in [-0.2, -0.15) is 0 Å². The van der Waals surface area contributed by atoms with Crippen molar-refractivity contribution in [2.24, 2.45) is 0 Å². The summed E-state index contributed by atoms with van der Waals surface area (Å²) < 4.78 is 4.94. The molecule has 0 aliphatic heterocycles. The summed E-state index contributed by atoms with van der Waals surface area (Å²) in [5, 5.41) is 4.28. The minimum atomic E-state index is -0.154. The number of carbonyl (C=O) groups is 1. The summed E-state index contributed by atoms with van der Waals surface area (Å²) in [5.74, 6) is -0.154. The van der Waals surface area contributed by atoms with Crippen molar-refractivity contribution >= 4 is 5.97 Å². The Balaban J connectivity index is 0. The van der Waals surface area contributed by atoms with Gasteiger partial charge >= 0.3 is 24.8 Å². The Morgan fingerprint density at radius 1 is 1.10 bits per heavy atom. The second-order valence-electron chi connectivity index (χ2n) is 4.84. The zero-order valence-electron chi connectivity index (χ0n) is 13.7. The molecular weight excluding hydrogens is 245 g/mol. The van der Waals surface area contributed by atoms with Crippen LogP contribution in [0.15, 0.2) is 30.3 Å². The van der Waals surface area contributed by atoms with Crippen molar-refractivity contribution in [3.63, 3.8) is 0 Å². The van der Waals surface area contributed by atoms with Crippen molar-refractivity contribution in [2.45, 2.75) is 59.7 Å². The van der Waals surface area contributed by atoms with Crippen molar-refractivity contribution < 1.29 is 28.4 Å². The minimum absolute atomic E-state index is 0. The van der Waals surface area contributed by atoms with E-state index in [9.17, 15) is 4.79 Å². The van der Waals surface area contributed by atoms with Gasteiger partial charge in [-0.15, -0.1) is 12.1 Å².